The predicted octanol–water partition coefficient (Wildman–Crippen LogP) is 1.78. The zero-order valence-electron chi connectivity index (χ0n) is 8.64. The first kappa shape index (κ1) is 12.4. The summed E-state index contributed by atoms with van der Waals surface area (Å²) in [6.45, 7) is 0. The molecule has 1 aromatic heterocycles. The molecule has 0 fully saturated rings. The zero-order valence-corrected chi connectivity index (χ0v) is 9.46. The Bertz CT molecular complexity index is 395. The minimum Gasteiger partial charge on any atom is -0.465 e. The van der Waals surface area contributed by atoms with E-state index >= 15 is 0 Å². The topological polar surface area (TPSA) is 88.2 Å². The van der Waals surface area contributed by atoms with Gasteiger partial charge in [-0.2, -0.15) is 0 Å². The summed E-state index contributed by atoms with van der Waals surface area (Å²) < 4.78 is 0. The van der Waals surface area contributed by atoms with E-state index < -0.39 is 6.09 Å². The molecule has 4 N–H and O–H groups in total. The number of pyridine rings is 1. The third kappa shape index (κ3) is 4.70. The van der Waals surface area contributed by atoms with Gasteiger partial charge in [0.15, 0.2) is 0 Å². The van der Waals surface area contributed by atoms with Crippen molar-refractivity contribution in [1.29, 1.82) is 0 Å². The van der Waals surface area contributed by atoms with E-state index in [1.54, 1.807) is 12.3 Å². The molecule has 0 atom stereocenters. The lowest BCUT2D eigenvalue weighted by atomic mass is 10.1. The Balaban J connectivity index is 2.53. The summed E-state index contributed by atoms with van der Waals surface area (Å²) in [4.78, 5) is 14.8. The number of carbonyl (C=O) groups is 1. The first-order valence-corrected chi connectivity index (χ1v) is 5.22. The number of nitrogens with zero attached hydrogens (tertiary/aromatic N) is 1. The van der Waals surface area contributed by atoms with Crippen LogP contribution in [0.2, 0.25) is 0 Å². The number of rotatable bonds is 5. The molecule has 0 aromatic carbocycles. The van der Waals surface area contributed by atoms with Crippen molar-refractivity contribution >= 4 is 29.1 Å². The number of nitrogens with one attached hydrogen (secondary N) is 1. The van der Waals surface area contributed by atoms with Crippen molar-refractivity contribution in [1.82, 2.24) is 4.98 Å². The average Bonchev–Trinajstić information content (AvgIpc) is 2.16. The second kappa shape index (κ2) is 6.02. The molecule has 1 aromatic rings. The standard InChI is InChI=1S/C10H13N3O2S/c11-8(16)3-1-2-7-4-5-12-9(6-7)13-10(14)15/h4-6H,1-3H2,(H2,11,16)(H,12,13)(H,14,15). The van der Waals surface area contributed by atoms with Crippen LogP contribution in [0.5, 0.6) is 0 Å². The maximum Gasteiger partial charge on any atom is 0.410 e. The van der Waals surface area contributed by atoms with Crippen LogP contribution in [0.25, 0.3) is 0 Å². The van der Waals surface area contributed by atoms with E-state index in [0.717, 1.165) is 18.4 Å². The van der Waals surface area contributed by atoms with E-state index in [4.69, 9.17) is 23.1 Å². The molecule has 0 bridgehead atoms. The lowest BCUT2D eigenvalue weighted by molar-refractivity contribution is 0.209. The van der Waals surface area contributed by atoms with Crippen molar-refractivity contribution < 1.29 is 9.90 Å². The molecule has 5 nitrogen and oxygen atoms in total. The molecule has 0 aliphatic heterocycles. The van der Waals surface area contributed by atoms with Crippen LogP contribution in [0.4, 0.5) is 10.6 Å². The van der Waals surface area contributed by atoms with E-state index in [9.17, 15) is 4.79 Å². The van der Waals surface area contributed by atoms with Gasteiger partial charge in [0.2, 0.25) is 0 Å². The fourth-order valence-corrected chi connectivity index (χ4v) is 1.42. The monoisotopic (exact) mass is 239 g/mol. The number of thiocarbonyl (C=S) groups is 1. The number of aromatic nitrogens is 1. The van der Waals surface area contributed by atoms with Gasteiger partial charge < -0.3 is 10.8 Å². The number of aryl methyl sites for hydroxylation is 1. The molecule has 0 radical (unpaired) electrons. The van der Waals surface area contributed by atoms with Crippen LogP contribution in [-0.4, -0.2) is 21.2 Å². The lowest BCUT2D eigenvalue weighted by Crippen LogP contribution is -2.09. The van der Waals surface area contributed by atoms with Gasteiger partial charge in [-0.15, -0.1) is 0 Å². The van der Waals surface area contributed by atoms with Crippen molar-refractivity contribution in [2.24, 2.45) is 5.73 Å². The largest absolute Gasteiger partial charge is 0.465 e. The summed E-state index contributed by atoms with van der Waals surface area (Å²) in [7, 11) is 0. The molecule has 0 aliphatic rings. The highest BCUT2D eigenvalue weighted by Crippen LogP contribution is 2.09. The van der Waals surface area contributed by atoms with Gasteiger partial charge in [-0.25, -0.2) is 9.78 Å². The number of amides is 1. The number of anilines is 1. The molecule has 86 valence electrons. The van der Waals surface area contributed by atoms with Crippen LogP contribution < -0.4 is 11.1 Å². The van der Waals surface area contributed by atoms with Crippen molar-refractivity contribution in [2.75, 3.05) is 5.32 Å². The minimum atomic E-state index is -1.12. The highest BCUT2D eigenvalue weighted by atomic mass is 32.1. The second-order valence-corrected chi connectivity index (χ2v) is 3.82. The first-order valence-electron chi connectivity index (χ1n) is 4.81. The Morgan fingerprint density at radius 2 is 2.38 bits per heavy atom. The second-order valence-electron chi connectivity index (χ2n) is 3.30. The van der Waals surface area contributed by atoms with Crippen LogP contribution in [-0.2, 0) is 6.42 Å². The van der Waals surface area contributed by atoms with Gasteiger partial charge in [0.25, 0.3) is 0 Å². The Kier molecular flexibility index (Phi) is 4.65. The number of carboxylic acid groups (broad SMARTS) is 1. The van der Waals surface area contributed by atoms with Gasteiger partial charge in [-0.1, -0.05) is 12.2 Å². The Morgan fingerprint density at radius 3 is 3.00 bits per heavy atom. The van der Waals surface area contributed by atoms with Gasteiger partial charge in [-0.3, -0.25) is 5.32 Å². The van der Waals surface area contributed by atoms with E-state index in [1.807, 2.05) is 6.07 Å². The third-order valence-corrected chi connectivity index (χ3v) is 2.15. The molecule has 1 rings (SSSR count). The highest BCUT2D eigenvalue weighted by Gasteiger charge is 2.01. The quantitative estimate of drug-likeness (QED) is 0.682. The molecule has 0 saturated carbocycles. The van der Waals surface area contributed by atoms with Crippen LogP contribution in [0, 0.1) is 0 Å². The maximum absolute atomic E-state index is 10.4. The van der Waals surface area contributed by atoms with Crippen molar-refractivity contribution in [2.45, 2.75) is 19.3 Å². The Labute approximate surface area is 98.7 Å². The fraction of sp³-hybridized carbons (Fsp3) is 0.300. The van der Waals surface area contributed by atoms with E-state index in [2.05, 4.69) is 10.3 Å². The molecule has 0 spiro atoms. The van der Waals surface area contributed by atoms with Gasteiger partial charge in [-0.05, 0) is 37.0 Å². The van der Waals surface area contributed by atoms with Gasteiger partial charge >= 0.3 is 6.09 Å². The van der Waals surface area contributed by atoms with Crippen molar-refractivity contribution in [3.8, 4) is 0 Å². The molecule has 16 heavy (non-hydrogen) atoms. The van der Waals surface area contributed by atoms with Gasteiger partial charge in [0.1, 0.15) is 5.82 Å². The number of hydrogen-bond acceptors (Lipinski definition) is 3. The molecule has 0 aliphatic carbocycles. The molecule has 1 amide bonds. The van der Waals surface area contributed by atoms with Gasteiger partial charge in [0, 0.05) is 6.20 Å². The summed E-state index contributed by atoms with van der Waals surface area (Å²) in [5.41, 5.74) is 6.39. The summed E-state index contributed by atoms with van der Waals surface area (Å²) in [5.74, 6) is 0.334. The van der Waals surface area contributed by atoms with Gasteiger partial charge in [0.05, 0.1) is 4.99 Å². The highest BCUT2D eigenvalue weighted by molar-refractivity contribution is 7.80. The van der Waals surface area contributed by atoms with Crippen LogP contribution in [0.15, 0.2) is 18.3 Å². The molecule has 6 heteroatoms. The maximum atomic E-state index is 10.4. The Hall–Kier alpha value is -1.69. The van der Waals surface area contributed by atoms with Crippen molar-refractivity contribution in [3.05, 3.63) is 23.9 Å². The third-order valence-electron chi connectivity index (χ3n) is 1.95. The first-order chi connectivity index (χ1) is 7.58. The average molecular weight is 239 g/mol. The molecule has 0 unspecified atom stereocenters. The number of nitrogens with two attached hydrogens (primary N) is 1. The van der Waals surface area contributed by atoms with E-state index in [0.29, 0.717) is 17.2 Å². The van der Waals surface area contributed by atoms with Crippen LogP contribution in [0.1, 0.15) is 18.4 Å². The van der Waals surface area contributed by atoms with Crippen LogP contribution in [0.3, 0.4) is 0 Å². The lowest BCUT2D eigenvalue weighted by Gasteiger charge is -2.03. The number of hydrogen-bond donors (Lipinski definition) is 3. The fourth-order valence-electron chi connectivity index (χ4n) is 1.27. The summed E-state index contributed by atoms with van der Waals surface area (Å²) in [6.07, 6.45) is 2.80. The van der Waals surface area contributed by atoms with Crippen molar-refractivity contribution in [3.63, 3.8) is 0 Å². The smallest absolute Gasteiger partial charge is 0.410 e. The zero-order chi connectivity index (χ0) is 12.0. The normalized spacial score (nSPS) is 9.75. The molecule has 1 heterocycles. The predicted molar refractivity (Wildman–Crippen MR) is 65.6 cm³/mol. The summed E-state index contributed by atoms with van der Waals surface area (Å²) in [6, 6.07) is 3.54. The SMILES string of the molecule is NC(=S)CCCc1ccnc(NC(=O)O)c1. The summed E-state index contributed by atoms with van der Waals surface area (Å²) >= 11 is 4.77. The summed E-state index contributed by atoms with van der Waals surface area (Å²) in [5, 5.41) is 10.7. The van der Waals surface area contributed by atoms with Crippen LogP contribution >= 0.6 is 12.2 Å². The molecular weight excluding hydrogens is 226 g/mol. The molecular formula is C10H13N3O2S. The minimum absolute atomic E-state index is 0.334. The Morgan fingerprint density at radius 1 is 1.62 bits per heavy atom. The van der Waals surface area contributed by atoms with E-state index in [1.165, 1.54) is 0 Å². The van der Waals surface area contributed by atoms with E-state index in [-0.39, 0.29) is 0 Å². The molecule has 0 saturated heterocycles.